The van der Waals surface area contributed by atoms with Crippen molar-refractivity contribution >= 4 is 28.7 Å². The van der Waals surface area contributed by atoms with Crippen molar-refractivity contribution in [3.8, 4) is 0 Å². The summed E-state index contributed by atoms with van der Waals surface area (Å²) in [6.45, 7) is 2.59. The third-order valence-electron chi connectivity index (χ3n) is 2.90. The second-order valence-electron chi connectivity index (χ2n) is 4.48. The van der Waals surface area contributed by atoms with Crippen molar-refractivity contribution in [2.75, 3.05) is 24.8 Å². The highest BCUT2D eigenvalue weighted by Gasteiger charge is 2.16. The number of nitrogen functional groups attached to an aromatic ring is 1. The Hall–Kier alpha value is -2.08. The number of hydrogen-bond donors (Lipinski definition) is 1. The third-order valence-corrected chi connectivity index (χ3v) is 3.73. The first kappa shape index (κ1) is 14.3. The van der Waals surface area contributed by atoms with Crippen molar-refractivity contribution in [1.29, 1.82) is 0 Å². The number of thiazole rings is 1. The van der Waals surface area contributed by atoms with Gasteiger partial charge < -0.3 is 15.4 Å². The molecule has 0 radical (unpaired) electrons. The molecular weight excluding hydrogens is 274 g/mol. The van der Waals surface area contributed by atoms with Crippen molar-refractivity contribution in [2.24, 2.45) is 0 Å². The van der Waals surface area contributed by atoms with Crippen LogP contribution < -0.4 is 10.6 Å². The monoisotopic (exact) mass is 291 g/mol. The van der Waals surface area contributed by atoms with Crippen LogP contribution in [0.2, 0.25) is 0 Å². The molecule has 2 N–H and O–H groups in total. The Kier molecular flexibility index (Phi) is 4.24. The van der Waals surface area contributed by atoms with Gasteiger partial charge in [0.15, 0.2) is 0 Å². The van der Waals surface area contributed by atoms with Crippen molar-refractivity contribution < 1.29 is 9.53 Å². The van der Waals surface area contributed by atoms with Gasteiger partial charge in [-0.25, -0.2) is 9.78 Å². The Morgan fingerprint density at radius 1 is 1.50 bits per heavy atom. The van der Waals surface area contributed by atoms with Gasteiger partial charge in [0.2, 0.25) is 0 Å². The molecule has 0 unspecified atom stereocenters. The van der Waals surface area contributed by atoms with E-state index < -0.39 is 5.97 Å². The minimum absolute atomic E-state index is 0.395. The maximum absolute atomic E-state index is 11.8. The number of rotatable bonds is 4. The molecule has 1 aromatic heterocycles. The second-order valence-corrected chi connectivity index (χ2v) is 5.54. The Bertz CT molecular complexity index is 625. The fraction of sp³-hybridized carbons (Fsp3) is 0.286. The average molecular weight is 291 g/mol. The van der Waals surface area contributed by atoms with Crippen LogP contribution in [-0.2, 0) is 11.3 Å². The number of nitrogens with two attached hydrogens (primary N) is 1. The van der Waals surface area contributed by atoms with Crippen LogP contribution in [0.1, 0.15) is 21.1 Å². The lowest BCUT2D eigenvalue weighted by Crippen LogP contribution is -2.20. The maximum atomic E-state index is 11.8. The molecule has 0 amide bonds. The molecule has 0 saturated heterocycles. The molecule has 1 heterocycles. The minimum atomic E-state index is -0.395. The van der Waals surface area contributed by atoms with E-state index in [0.29, 0.717) is 17.8 Å². The summed E-state index contributed by atoms with van der Waals surface area (Å²) in [5.41, 5.74) is 8.48. The van der Waals surface area contributed by atoms with Gasteiger partial charge in [-0.2, -0.15) is 0 Å². The summed E-state index contributed by atoms with van der Waals surface area (Å²) < 4.78 is 4.80. The molecule has 0 fully saturated rings. The first-order valence-electron chi connectivity index (χ1n) is 6.11. The van der Waals surface area contributed by atoms with E-state index in [1.54, 1.807) is 23.5 Å². The third kappa shape index (κ3) is 3.08. The highest BCUT2D eigenvalue weighted by molar-refractivity contribution is 7.09. The van der Waals surface area contributed by atoms with E-state index in [0.717, 1.165) is 16.4 Å². The molecule has 2 aromatic rings. The first-order valence-corrected chi connectivity index (χ1v) is 6.99. The van der Waals surface area contributed by atoms with Crippen molar-refractivity contribution in [3.63, 3.8) is 0 Å². The zero-order valence-corrected chi connectivity index (χ0v) is 12.5. The smallest absolute Gasteiger partial charge is 0.340 e. The lowest BCUT2D eigenvalue weighted by atomic mass is 10.1. The molecule has 0 atom stereocenters. The molecule has 5 nitrogen and oxygen atoms in total. The lowest BCUT2D eigenvalue weighted by Gasteiger charge is -2.21. The van der Waals surface area contributed by atoms with Crippen molar-refractivity contribution in [1.82, 2.24) is 4.98 Å². The number of aryl methyl sites for hydroxylation is 1. The zero-order valence-electron chi connectivity index (χ0n) is 11.7. The van der Waals surface area contributed by atoms with Gasteiger partial charge in [0.1, 0.15) is 0 Å². The molecule has 0 spiro atoms. The average Bonchev–Trinajstić information content (AvgIpc) is 2.82. The van der Waals surface area contributed by atoms with E-state index in [1.165, 1.54) is 7.11 Å². The maximum Gasteiger partial charge on any atom is 0.340 e. The fourth-order valence-corrected chi connectivity index (χ4v) is 2.57. The topological polar surface area (TPSA) is 68.5 Å². The molecule has 2 rings (SSSR count). The molecular formula is C14H17N3O2S. The molecule has 0 saturated carbocycles. The van der Waals surface area contributed by atoms with Crippen LogP contribution in [-0.4, -0.2) is 25.1 Å². The molecule has 20 heavy (non-hydrogen) atoms. The summed E-state index contributed by atoms with van der Waals surface area (Å²) >= 11 is 1.61. The van der Waals surface area contributed by atoms with Gasteiger partial charge in [-0.05, 0) is 25.1 Å². The van der Waals surface area contributed by atoms with Gasteiger partial charge in [-0.15, -0.1) is 11.3 Å². The number of anilines is 2. The van der Waals surface area contributed by atoms with Gasteiger partial charge in [-0.1, -0.05) is 0 Å². The molecule has 0 aliphatic carbocycles. The summed E-state index contributed by atoms with van der Waals surface area (Å²) in [5.74, 6) is -0.395. The Morgan fingerprint density at radius 2 is 2.25 bits per heavy atom. The number of esters is 1. The van der Waals surface area contributed by atoms with Gasteiger partial charge in [0, 0.05) is 18.1 Å². The van der Waals surface area contributed by atoms with E-state index in [-0.39, 0.29) is 0 Å². The highest BCUT2D eigenvalue weighted by Crippen LogP contribution is 2.24. The zero-order chi connectivity index (χ0) is 14.7. The van der Waals surface area contributed by atoms with E-state index in [2.05, 4.69) is 4.98 Å². The number of hydrogen-bond acceptors (Lipinski definition) is 6. The summed E-state index contributed by atoms with van der Waals surface area (Å²) in [5, 5.41) is 3.04. The van der Waals surface area contributed by atoms with Gasteiger partial charge >= 0.3 is 5.97 Å². The summed E-state index contributed by atoms with van der Waals surface area (Å²) in [4.78, 5) is 18.2. The molecule has 106 valence electrons. The minimum Gasteiger partial charge on any atom is -0.465 e. The van der Waals surface area contributed by atoms with Gasteiger partial charge in [0.05, 0.1) is 35.6 Å². The summed E-state index contributed by atoms with van der Waals surface area (Å²) in [7, 11) is 3.27. The predicted octanol–water partition coefficient (Wildman–Crippen LogP) is 2.46. The first-order chi connectivity index (χ1) is 9.51. The standard InChI is InChI=1S/C14H17N3O2S/c1-9-16-11(8-20-9)7-17(2)13-5-4-10(15)6-12(13)14(18)19-3/h4-6,8H,7,15H2,1-3H3. The normalized spacial score (nSPS) is 10.3. The number of benzene rings is 1. The summed E-state index contributed by atoms with van der Waals surface area (Å²) in [6, 6.07) is 5.22. The Morgan fingerprint density at radius 3 is 2.85 bits per heavy atom. The number of nitrogens with zero attached hydrogens (tertiary/aromatic N) is 2. The van der Waals surface area contributed by atoms with Crippen LogP contribution in [0.4, 0.5) is 11.4 Å². The van der Waals surface area contributed by atoms with Crippen LogP contribution in [0.5, 0.6) is 0 Å². The van der Waals surface area contributed by atoms with E-state index in [1.807, 2.05) is 30.3 Å². The van der Waals surface area contributed by atoms with E-state index in [9.17, 15) is 4.79 Å². The molecule has 0 aliphatic heterocycles. The van der Waals surface area contributed by atoms with Crippen LogP contribution in [0.25, 0.3) is 0 Å². The fourth-order valence-electron chi connectivity index (χ4n) is 1.97. The van der Waals surface area contributed by atoms with Crippen molar-refractivity contribution in [2.45, 2.75) is 13.5 Å². The molecule has 0 aliphatic rings. The van der Waals surface area contributed by atoms with Crippen LogP contribution in [0, 0.1) is 6.92 Å². The number of ether oxygens (including phenoxy) is 1. The molecule has 6 heteroatoms. The largest absolute Gasteiger partial charge is 0.465 e. The van der Waals surface area contributed by atoms with E-state index in [4.69, 9.17) is 10.5 Å². The van der Waals surface area contributed by atoms with Crippen molar-refractivity contribution in [3.05, 3.63) is 39.8 Å². The molecule has 0 bridgehead atoms. The van der Waals surface area contributed by atoms with E-state index >= 15 is 0 Å². The molecule has 1 aromatic carbocycles. The quantitative estimate of drug-likeness (QED) is 0.692. The highest BCUT2D eigenvalue weighted by atomic mass is 32.1. The number of carbonyl (C=O) groups excluding carboxylic acids is 1. The summed E-state index contributed by atoms with van der Waals surface area (Å²) in [6.07, 6.45) is 0. The number of aromatic nitrogens is 1. The Labute approximate surface area is 122 Å². The Balaban J connectivity index is 2.29. The number of methoxy groups -OCH3 is 1. The lowest BCUT2D eigenvalue weighted by molar-refractivity contribution is 0.0601. The second kappa shape index (κ2) is 5.92. The van der Waals surface area contributed by atoms with Gasteiger partial charge in [-0.3, -0.25) is 0 Å². The van der Waals surface area contributed by atoms with Crippen LogP contribution >= 0.6 is 11.3 Å². The van der Waals surface area contributed by atoms with Crippen LogP contribution in [0.3, 0.4) is 0 Å². The predicted molar refractivity (Wildman–Crippen MR) is 81.2 cm³/mol. The van der Waals surface area contributed by atoms with Gasteiger partial charge in [0.25, 0.3) is 0 Å². The SMILES string of the molecule is COC(=O)c1cc(N)ccc1N(C)Cc1csc(C)n1. The number of carbonyl (C=O) groups is 1. The van der Waals surface area contributed by atoms with Crippen LogP contribution in [0.15, 0.2) is 23.6 Å².